The van der Waals surface area contributed by atoms with E-state index in [1.165, 1.54) is 0 Å². The zero-order chi connectivity index (χ0) is 30.2. The molecular weight excluding hydrogens is 552 g/mol. The van der Waals surface area contributed by atoms with Crippen molar-refractivity contribution in [1.29, 1.82) is 0 Å². The maximum atomic E-state index is 13.9. The minimum absolute atomic E-state index is 0.0192. The van der Waals surface area contributed by atoms with Gasteiger partial charge in [-0.2, -0.15) is 0 Å². The second-order valence-electron chi connectivity index (χ2n) is 8.62. The van der Waals surface area contributed by atoms with Crippen LogP contribution in [0.1, 0.15) is 56.6 Å². The third kappa shape index (κ3) is 10.0. The number of carbonyl (C=O) groups is 1. The predicted octanol–water partition coefficient (Wildman–Crippen LogP) is 4.87. The molecule has 1 heterocycles. The summed E-state index contributed by atoms with van der Waals surface area (Å²) < 4.78 is 61.4. The minimum atomic E-state index is -0.793. The Bertz CT molecular complexity index is 1060. The van der Waals surface area contributed by atoms with E-state index in [4.69, 9.17) is 52.1 Å². The molecule has 0 aliphatic carbocycles. The lowest BCUT2D eigenvalue weighted by molar-refractivity contribution is 0.00599. The first-order chi connectivity index (χ1) is 20.6. The Balaban J connectivity index is 1.87. The number of benzene rings is 2. The van der Waals surface area contributed by atoms with Gasteiger partial charge in [-0.1, -0.05) is 6.07 Å². The summed E-state index contributed by atoms with van der Waals surface area (Å²) in [6.07, 6.45) is -1.32. The molecule has 234 valence electrons. The fourth-order valence-electron chi connectivity index (χ4n) is 3.71. The number of rotatable bonds is 23. The van der Waals surface area contributed by atoms with Crippen molar-refractivity contribution in [1.82, 2.24) is 0 Å². The van der Waals surface area contributed by atoms with Crippen molar-refractivity contribution in [3.8, 4) is 28.7 Å². The average molecular weight is 595 g/mol. The molecule has 2 atom stereocenters. The smallest absolute Gasteiger partial charge is 0.202 e. The molecule has 3 rings (SSSR count). The van der Waals surface area contributed by atoms with E-state index in [1.807, 2.05) is 40.7 Å². The molecule has 1 aliphatic heterocycles. The largest absolute Gasteiger partial charge is 0.467 e. The second kappa shape index (κ2) is 18.4. The molecule has 0 spiro atoms. The van der Waals surface area contributed by atoms with Crippen molar-refractivity contribution in [3.63, 3.8) is 0 Å². The van der Waals surface area contributed by atoms with Crippen molar-refractivity contribution >= 4 is 5.78 Å². The van der Waals surface area contributed by atoms with E-state index in [0.717, 1.165) is 5.56 Å². The van der Waals surface area contributed by atoms with Crippen LogP contribution in [0.25, 0.3) is 0 Å². The molecule has 1 saturated heterocycles. The summed E-state index contributed by atoms with van der Waals surface area (Å²) >= 11 is 0. The molecule has 1 fully saturated rings. The molecule has 42 heavy (non-hydrogen) atoms. The van der Waals surface area contributed by atoms with Crippen molar-refractivity contribution in [3.05, 3.63) is 41.5 Å². The maximum Gasteiger partial charge on any atom is 0.202 e. The van der Waals surface area contributed by atoms with Crippen LogP contribution in [-0.2, 0) is 28.4 Å². The lowest BCUT2D eigenvalue weighted by Gasteiger charge is -2.17. The number of Topliss-reactive ketones (excluding diaryl/α,β-unsaturated/α-hetero) is 1. The summed E-state index contributed by atoms with van der Waals surface area (Å²) in [6, 6.07) is 8.52. The van der Waals surface area contributed by atoms with Crippen LogP contribution >= 0.6 is 0 Å². The zero-order valence-corrected chi connectivity index (χ0v) is 25.0. The van der Waals surface area contributed by atoms with Crippen LogP contribution < -0.4 is 23.7 Å². The van der Waals surface area contributed by atoms with Crippen molar-refractivity contribution in [2.75, 3.05) is 67.0 Å². The van der Waals surface area contributed by atoms with Crippen LogP contribution in [-0.4, -0.2) is 78.9 Å². The summed E-state index contributed by atoms with van der Waals surface area (Å²) in [7, 11) is 0. The average Bonchev–Trinajstić information content (AvgIpc) is 3.79. The number of carbonyl (C=O) groups excluding carboxylic acids is 1. The van der Waals surface area contributed by atoms with Crippen molar-refractivity contribution in [2.24, 2.45) is 0 Å². The van der Waals surface area contributed by atoms with Crippen LogP contribution in [0, 0.1) is 0 Å². The highest BCUT2D eigenvalue weighted by atomic mass is 16.7. The van der Waals surface area contributed by atoms with Crippen LogP contribution in [0.4, 0.5) is 0 Å². The van der Waals surface area contributed by atoms with Crippen LogP contribution in [0.15, 0.2) is 30.3 Å². The van der Waals surface area contributed by atoms with E-state index in [-0.39, 0.29) is 56.8 Å². The van der Waals surface area contributed by atoms with E-state index in [1.54, 1.807) is 24.3 Å². The fourth-order valence-corrected chi connectivity index (χ4v) is 3.71. The fraction of sp³-hybridized carbons (Fsp3) is 0.567. The first kappa shape index (κ1) is 33.4. The van der Waals surface area contributed by atoms with Gasteiger partial charge in [0.15, 0.2) is 51.6 Å². The highest BCUT2D eigenvalue weighted by Gasteiger charge is 2.48. The molecule has 0 unspecified atom stereocenters. The van der Waals surface area contributed by atoms with Gasteiger partial charge in [-0.15, -0.1) is 0 Å². The first-order valence-corrected chi connectivity index (χ1v) is 14.1. The standard InChI is InChI=1S/C30H42O12/c1-6-32-16-37-22-14-25(40-19-35-9-4)27(26(15-22)41-20-36-10-5)28(31)30-29(42-30)21-11-12-23(38-17-33-7-2)24(13-21)39-18-34-8-3/h11-15,29-30H,6-10,16-20H2,1-5H3/t29-,30+/m1/s1. The van der Waals surface area contributed by atoms with E-state index in [9.17, 15) is 4.79 Å². The van der Waals surface area contributed by atoms with Gasteiger partial charge in [-0.3, -0.25) is 4.79 Å². The summed E-state index contributed by atoms with van der Waals surface area (Å²) in [5.74, 6) is 1.44. The Labute approximate surface area is 246 Å². The summed E-state index contributed by atoms with van der Waals surface area (Å²) in [6.45, 7) is 11.6. The molecule has 0 saturated carbocycles. The second-order valence-corrected chi connectivity index (χ2v) is 8.62. The Morgan fingerprint density at radius 2 is 1.05 bits per heavy atom. The number of hydrogen-bond donors (Lipinski definition) is 0. The Morgan fingerprint density at radius 3 is 1.55 bits per heavy atom. The van der Waals surface area contributed by atoms with Gasteiger partial charge >= 0.3 is 0 Å². The van der Waals surface area contributed by atoms with E-state index in [2.05, 4.69) is 0 Å². The molecule has 1 aliphatic rings. The normalized spacial score (nSPS) is 15.7. The minimum Gasteiger partial charge on any atom is -0.467 e. The van der Waals surface area contributed by atoms with Gasteiger partial charge in [0.1, 0.15) is 28.9 Å². The topological polar surface area (TPSA) is 122 Å². The van der Waals surface area contributed by atoms with Crippen LogP contribution in [0.3, 0.4) is 0 Å². The number of ketones is 1. The quantitative estimate of drug-likeness (QED) is 0.0755. The molecule has 2 aromatic rings. The van der Waals surface area contributed by atoms with Gasteiger partial charge in [0.25, 0.3) is 0 Å². The molecule has 0 bridgehead atoms. The molecule has 12 nitrogen and oxygen atoms in total. The molecule has 0 amide bonds. The SMILES string of the molecule is CCOCOc1cc(OCOCC)c(C(=O)[C@@H]2O[C@@H]2c2ccc(OCOCC)c(OCOCC)c2)c(OCOCC)c1. The van der Waals surface area contributed by atoms with Crippen molar-refractivity contribution in [2.45, 2.75) is 46.8 Å². The van der Waals surface area contributed by atoms with Gasteiger partial charge in [-0.25, -0.2) is 0 Å². The Kier molecular flexibility index (Phi) is 14.6. The number of epoxide rings is 1. The molecular formula is C30H42O12. The molecule has 12 heteroatoms. The summed E-state index contributed by atoms with van der Waals surface area (Å²) in [4.78, 5) is 13.9. The van der Waals surface area contributed by atoms with E-state index >= 15 is 0 Å². The monoisotopic (exact) mass is 594 g/mol. The molecule has 0 aromatic heterocycles. The maximum absolute atomic E-state index is 13.9. The van der Waals surface area contributed by atoms with Gasteiger partial charge in [0.05, 0.1) is 0 Å². The lowest BCUT2D eigenvalue weighted by atomic mass is 10.0. The van der Waals surface area contributed by atoms with Gasteiger partial charge < -0.3 is 52.1 Å². The van der Waals surface area contributed by atoms with Gasteiger partial charge in [0, 0.05) is 45.2 Å². The summed E-state index contributed by atoms with van der Waals surface area (Å²) in [5, 5.41) is 0. The third-order valence-electron chi connectivity index (χ3n) is 5.85. The van der Waals surface area contributed by atoms with Crippen LogP contribution in [0.2, 0.25) is 0 Å². The molecule has 2 aromatic carbocycles. The molecule has 0 radical (unpaired) electrons. The Hall–Kier alpha value is -3.13. The van der Waals surface area contributed by atoms with Gasteiger partial charge in [-0.05, 0) is 52.3 Å². The Morgan fingerprint density at radius 1 is 0.595 bits per heavy atom. The first-order valence-electron chi connectivity index (χ1n) is 14.1. The van der Waals surface area contributed by atoms with Crippen molar-refractivity contribution < 1.29 is 56.9 Å². The number of ether oxygens (including phenoxy) is 11. The number of hydrogen-bond acceptors (Lipinski definition) is 12. The van der Waals surface area contributed by atoms with Crippen LogP contribution in [0.5, 0.6) is 28.7 Å². The highest BCUT2D eigenvalue weighted by Crippen LogP contribution is 2.46. The third-order valence-corrected chi connectivity index (χ3v) is 5.85. The van der Waals surface area contributed by atoms with E-state index < -0.39 is 12.2 Å². The lowest BCUT2D eigenvalue weighted by Crippen LogP contribution is -2.16. The van der Waals surface area contributed by atoms with E-state index in [0.29, 0.717) is 50.3 Å². The zero-order valence-electron chi connectivity index (χ0n) is 25.0. The predicted molar refractivity (Wildman–Crippen MR) is 150 cm³/mol. The highest BCUT2D eigenvalue weighted by molar-refractivity contribution is 6.06. The van der Waals surface area contributed by atoms with Gasteiger partial charge in [0.2, 0.25) is 5.78 Å². The molecule has 0 N–H and O–H groups in total. The summed E-state index contributed by atoms with van der Waals surface area (Å²) in [5.41, 5.74) is 0.920.